The lowest BCUT2D eigenvalue weighted by molar-refractivity contribution is -0.150. The number of urea groups is 1. The molecule has 2 aliphatic rings. The van der Waals surface area contributed by atoms with E-state index in [4.69, 9.17) is 0 Å². The maximum atomic E-state index is 11.9. The van der Waals surface area contributed by atoms with Crippen LogP contribution in [0.2, 0.25) is 0 Å². The third-order valence-electron chi connectivity index (χ3n) is 4.35. The van der Waals surface area contributed by atoms with Gasteiger partial charge in [0.15, 0.2) is 0 Å². The monoisotopic (exact) mass is 300 g/mol. The van der Waals surface area contributed by atoms with Crippen molar-refractivity contribution in [2.75, 3.05) is 18.1 Å². The van der Waals surface area contributed by atoms with E-state index in [1.807, 2.05) is 11.8 Å². The summed E-state index contributed by atoms with van der Waals surface area (Å²) in [7, 11) is 0. The number of hydrogen-bond acceptors (Lipinski definition) is 3. The Morgan fingerprint density at radius 3 is 2.55 bits per heavy atom. The maximum Gasteiger partial charge on any atom is 0.315 e. The van der Waals surface area contributed by atoms with Gasteiger partial charge in [0.05, 0.1) is 5.41 Å². The Morgan fingerprint density at radius 1 is 1.20 bits per heavy atom. The van der Waals surface area contributed by atoms with Gasteiger partial charge in [-0.05, 0) is 31.4 Å². The molecule has 6 heteroatoms. The lowest BCUT2D eigenvalue weighted by atomic mass is 9.74. The van der Waals surface area contributed by atoms with Crippen LogP contribution in [0, 0.1) is 5.41 Å². The van der Waals surface area contributed by atoms with Crippen molar-refractivity contribution in [2.24, 2.45) is 5.41 Å². The second-order valence-corrected chi connectivity index (χ2v) is 7.04. The summed E-state index contributed by atoms with van der Waals surface area (Å²) in [5.41, 5.74) is -0.753. The van der Waals surface area contributed by atoms with Crippen LogP contribution in [0.1, 0.15) is 44.9 Å². The molecule has 0 bridgehead atoms. The number of carboxylic acids is 1. The summed E-state index contributed by atoms with van der Waals surface area (Å²) in [6.07, 6.45) is 6.47. The maximum absolute atomic E-state index is 11.9. The van der Waals surface area contributed by atoms with Gasteiger partial charge in [-0.25, -0.2) is 4.79 Å². The second-order valence-electron chi connectivity index (χ2n) is 5.89. The van der Waals surface area contributed by atoms with E-state index >= 15 is 0 Å². The summed E-state index contributed by atoms with van der Waals surface area (Å²) in [5, 5.41) is 15.2. The molecule has 1 atom stereocenters. The van der Waals surface area contributed by atoms with Crippen molar-refractivity contribution >= 4 is 23.8 Å². The van der Waals surface area contributed by atoms with Crippen LogP contribution in [0.3, 0.4) is 0 Å². The topological polar surface area (TPSA) is 78.4 Å². The van der Waals surface area contributed by atoms with Crippen LogP contribution < -0.4 is 10.6 Å². The van der Waals surface area contributed by atoms with Gasteiger partial charge < -0.3 is 15.7 Å². The smallest absolute Gasteiger partial charge is 0.315 e. The molecular weight excluding hydrogens is 276 g/mol. The molecular formula is C14H24N2O3S. The highest BCUT2D eigenvalue weighted by Crippen LogP contribution is 2.35. The number of thioether (sulfide) groups is 1. The van der Waals surface area contributed by atoms with Crippen LogP contribution in [0.15, 0.2) is 0 Å². The lowest BCUT2D eigenvalue weighted by Crippen LogP contribution is -2.50. The minimum absolute atomic E-state index is 0.219. The molecule has 0 radical (unpaired) electrons. The van der Waals surface area contributed by atoms with Gasteiger partial charge in [-0.2, -0.15) is 11.8 Å². The molecule has 1 aliphatic carbocycles. The van der Waals surface area contributed by atoms with Crippen molar-refractivity contribution in [1.29, 1.82) is 0 Å². The molecule has 1 saturated carbocycles. The minimum Gasteiger partial charge on any atom is -0.481 e. The molecule has 2 rings (SSSR count). The normalized spacial score (nSPS) is 25.7. The van der Waals surface area contributed by atoms with E-state index in [2.05, 4.69) is 10.6 Å². The number of carboxylic acid groups (broad SMARTS) is 1. The zero-order valence-electron chi connectivity index (χ0n) is 11.8. The highest BCUT2D eigenvalue weighted by Gasteiger charge is 2.39. The van der Waals surface area contributed by atoms with Gasteiger partial charge in [-0.1, -0.05) is 19.3 Å². The number of hydrogen-bond donors (Lipinski definition) is 3. The fraction of sp³-hybridized carbons (Fsp3) is 0.857. The summed E-state index contributed by atoms with van der Waals surface area (Å²) < 4.78 is 0. The van der Waals surface area contributed by atoms with Gasteiger partial charge in [0.1, 0.15) is 0 Å². The SMILES string of the molecule is O=C(NCC1(C(=O)O)CCCCC1)NC1CCCSC1. The number of aliphatic carboxylic acids is 1. The van der Waals surface area contributed by atoms with Crippen molar-refractivity contribution < 1.29 is 14.7 Å². The number of rotatable bonds is 4. The van der Waals surface area contributed by atoms with Crippen LogP contribution in [0.4, 0.5) is 4.79 Å². The Kier molecular flexibility index (Phi) is 5.57. The molecule has 1 saturated heterocycles. The summed E-state index contributed by atoms with van der Waals surface area (Å²) >= 11 is 1.86. The summed E-state index contributed by atoms with van der Waals surface area (Å²) in [5.74, 6) is 1.35. The predicted molar refractivity (Wildman–Crippen MR) is 80.0 cm³/mol. The Labute approximate surface area is 124 Å². The van der Waals surface area contributed by atoms with E-state index in [-0.39, 0.29) is 18.6 Å². The number of amides is 2. The number of nitrogens with one attached hydrogen (secondary N) is 2. The fourth-order valence-electron chi connectivity index (χ4n) is 3.04. The molecule has 1 heterocycles. The number of carbonyl (C=O) groups excluding carboxylic acids is 1. The van der Waals surface area contributed by atoms with E-state index in [0.29, 0.717) is 12.8 Å². The molecule has 5 nitrogen and oxygen atoms in total. The van der Waals surface area contributed by atoms with Crippen LogP contribution in [0.25, 0.3) is 0 Å². The Bertz CT molecular complexity index is 350. The van der Waals surface area contributed by atoms with Crippen molar-refractivity contribution in [3.05, 3.63) is 0 Å². The van der Waals surface area contributed by atoms with Gasteiger partial charge in [-0.3, -0.25) is 4.79 Å². The highest BCUT2D eigenvalue weighted by molar-refractivity contribution is 7.99. The van der Waals surface area contributed by atoms with Crippen LogP contribution >= 0.6 is 11.8 Å². The Balaban J connectivity index is 1.79. The molecule has 114 valence electrons. The van der Waals surface area contributed by atoms with E-state index in [9.17, 15) is 14.7 Å². The quantitative estimate of drug-likeness (QED) is 0.744. The molecule has 1 unspecified atom stereocenters. The second kappa shape index (κ2) is 7.20. The van der Waals surface area contributed by atoms with E-state index < -0.39 is 11.4 Å². The van der Waals surface area contributed by atoms with Crippen molar-refractivity contribution in [3.8, 4) is 0 Å². The summed E-state index contributed by atoms with van der Waals surface area (Å²) in [6, 6.07) is 0.00424. The van der Waals surface area contributed by atoms with Crippen LogP contribution in [-0.2, 0) is 4.79 Å². The molecule has 2 amide bonds. The molecule has 3 N–H and O–H groups in total. The first-order chi connectivity index (χ1) is 9.62. The molecule has 0 aromatic carbocycles. The number of carbonyl (C=O) groups is 2. The standard InChI is InChI=1S/C14H24N2O3S/c17-12(18)14(6-2-1-3-7-14)10-15-13(19)16-11-5-4-8-20-9-11/h11H,1-10H2,(H,17,18)(H2,15,16,19). The summed E-state index contributed by atoms with van der Waals surface area (Å²) in [6.45, 7) is 0.244. The van der Waals surface area contributed by atoms with Crippen molar-refractivity contribution in [1.82, 2.24) is 10.6 Å². The molecule has 0 spiro atoms. The van der Waals surface area contributed by atoms with Crippen LogP contribution in [0.5, 0.6) is 0 Å². The van der Waals surface area contributed by atoms with Gasteiger partial charge in [0.2, 0.25) is 0 Å². The Hall–Kier alpha value is -0.910. The molecule has 0 aromatic rings. The molecule has 2 fully saturated rings. The van der Waals surface area contributed by atoms with Gasteiger partial charge >= 0.3 is 12.0 Å². The lowest BCUT2D eigenvalue weighted by Gasteiger charge is -2.33. The van der Waals surface area contributed by atoms with E-state index in [0.717, 1.165) is 37.9 Å². The first-order valence-corrected chi connectivity index (χ1v) is 8.63. The molecule has 1 aliphatic heterocycles. The Morgan fingerprint density at radius 2 is 1.95 bits per heavy atom. The van der Waals surface area contributed by atoms with E-state index in [1.165, 1.54) is 5.75 Å². The first kappa shape index (κ1) is 15.5. The zero-order chi connectivity index (χ0) is 14.4. The van der Waals surface area contributed by atoms with E-state index in [1.54, 1.807) is 0 Å². The van der Waals surface area contributed by atoms with Crippen LogP contribution in [-0.4, -0.2) is 41.2 Å². The predicted octanol–water partition coefficient (Wildman–Crippen LogP) is 2.22. The van der Waals surface area contributed by atoms with Gasteiger partial charge in [0, 0.05) is 18.3 Å². The molecule has 20 heavy (non-hydrogen) atoms. The fourth-order valence-corrected chi connectivity index (χ4v) is 4.11. The average molecular weight is 300 g/mol. The van der Waals surface area contributed by atoms with Gasteiger partial charge in [-0.15, -0.1) is 0 Å². The highest BCUT2D eigenvalue weighted by atomic mass is 32.2. The first-order valence-electron chi connectivity index (χ1n) is 7.48. The third kappa shape index (κ3) is 4.04. The molecule has 0 aromatic heterocycles. The van der Waals surface area contributed by atoms with Crippen molar-refractivity contribution in [2.45, 2.75) is 51.0 Å². The minimum atomic E-state index is -0.772. The largest absolute Gasteiger partial charge is 0.481 e. The third-order valence-corrected chi connectivity index (χ3v) is 5.56. The van der Waals surface area contributed by atoms with Crippen molar-refractivity contribution in [3.63, 3.8) is 0 Å². The summed E-state index contributed by atoms with van der Waals surface area (Å²) in [4.78, 5) is 23.4. The zero-order valence-corrected chi connectivity index (χ0v) is 12.6. The average Bonchev–Trinajstić information content (AvgIpc) is 2.47. The van der Waals surface area contributed by atoms with Gasteiger partial charge in [0.25, 0.3) is 0 Å².